The second-order valence-electron chi connectivity index (χ2n) is 9.14. The lowest BCUT2D eigenvalue weighted by atomic mass is 10.1. The van der Waals surface area contributed by atoms with Gasteiger partial charge in [0.15, 0.2) is 0 Å². The van der Waals surface area contributed by atoms with Crippen molar-refractivity contribution >= 4 is 28.8 Å². The van der Waals surface area contributed by atoms with Gasteiger partial charge in [0.2, 0.25) is 5.91 Å². The van der Waals surface area contributed by atoms with Crippen LogP contribution in [-0.4, -0.2) is 77.9 Å². The first-order valence-corrected chi connectivity index (χ1v) is 12.0. The number of aryl methyl sites for hydroxylation is 1. The average molecular weight is 459 g/mol. The Hall–Kier alpha value is -3.38. The smallest absolute Gasteiger partial charge is 0.253 e. The molecule has 0 spiro atoms. The van der Waals surface area contributed by atoms with Crippen molar-refractivity contribution < 1.29 is 9.59 Å². The molecule has 1 saturated heterocycles. The second kappa shape index (κ2) is 10.7. The van der Waals surface area contributed by atoms with Gasteiger partial charge in [0.25, 0.3) is 5.91 Å². The number of fused-ring (bicyclic) bond motifs is 1. The number of carbonyl (C=O) groups is 2. The van der Waals surface area contributed by atoms with Crippen LogP contribution >= 0.6 is 0 Å². The lowest BCUT2D eigenvalue weighted by Crippen LogP contribution is -2.50. The van der Waals surface area contributed by atoms with E-state index in [1.807, 2.05) is 52.3 Å². The van der Waals surface area contributed by atoms with Gasteiger partial charge in [0.1, 0.15) is 0 Å². The SMILES string of the molecule is Cc1c(/C=C/C(=O)N2CCN(C(=O)c3ccccc3)CC2)c2ccccc2n1CCCN(C)C. The van der Waals surface area contributed by atoms with Gasteiger partial charge in [-0.1, -0.05) is 36.4 Å². The van der Waals surface area contributed by atoms with Crippen LogP contribution in [-0.2, 0) is 11.3 Å². The number of rotatable bonds is 7. The molecule has 1 aromatic heterocycles. The third-order valence-electron chi connectivity index (χ3n) is 6.56. The van der Waals surface area contributed by atoms with Gasteiger partial charge in [0, 0.05) is 66.5 Å². The van der Waals surface area contributed by atoms with Crippen LogP contribution in [0.3, 0.4) is 0 Å². The van der Waals surface area contributed by atoms with Crippen molar-refractivity contribution in [2.75, 3.05) is 46.8 Å². The third-order valence-corrected chi connectivity index (χ3v) is 6.56. The highest BCUT2D eigenvalue weighted by molar-refractivity contribution is 5.98. The summed E-state index contributed by atoms with van der Waals surface area (Å²) in [5.74, 6) is 0.0246. The summed E-state index contributed by atoms with van der Waals surface area (Å²) < 4.78 is 2.36. The van der Waals surface area contributed by atoms with Crippen LogP contribution in [0.25, 0.3) is 17.0 Å². The molecule has 2 aromatic carbocycles. The zero-order valence-electron chi connectivity index (χ0n) is 20.4. The van der Waals surface area contributed by atoms with Gasteiger partial charge in [-0.05, 0) is 58.3 Å². The summed E-state index contributed by atoms with van der Waals surface area (Å²) in [6.07, 6.45) is 4.72. The lowest BCUT2D eigenvalue weighted by molar-refractivity contribution is -0.127. The number of hydrogen-bond acceptors (Lipinski definition) is 3. The van der Waals surface area contributed by atoms with Crippen LogP contribution in [0.4, 0.5) is 0 Å². The molecule has 0 bridgehead atoms. The molecule has 0 atom stereocenters. The molecule has 1 aliphatic heterocycles. The number of para-hydroxylation sites is 1. The summed E-state index contributed by atoms with van der Waals surface area (Å²) >= 11 is 0. The Morgan fingerprint density at radius 2 is 1.56 bits per heavy atom. The summed E-state index contributed by atoms with van der Waals surface area (Å²) in [6.45, 7) is 6.32. The zero-order valence-corrected chi connectivity index (χ0v) is 20.4. The number of piperazine rings is 1. The molecule has 2 amide bonds. The van der Waals surface area contributed by atoms with Gasteiger partial charge in [-0.15, -0.1) is 0 Å². The molecule has 6 nitrogen and oxygen atoms in total. The van der Waals surface area contributed by atoms with Gasteiger partial charge in [-0.25, -0.2) is 0 Å². The molecule has 0 saturated carbocycles. The lowest BCUT2D eigenvalue weighted by Gasteiger charge is -2.34. The first-order chi connectivity index (χ1) is 16.5. The van der Waals surface area contributed by atoms with E-state index in [0.29, 0.717) is 31.7 Å². The van der Waals surface area contributed by atoms with Crippen molar-refractivity contribution in [2.45, 2.75) is 19.9 Å². The standard InChI is InChI=1S/C28H34N4O2/c1-22-24(25-12-7-8-13-26(25)32(22)17-9-16-29(2)3)14-15-27(33)30-18-20-31(21-19-30)28(34)23-10-5-4-6-11-23/h4-8,10-15H,9,16-21H2,1-3H3/b15-14+. The molecular formula is C28H34N4O2. The second-order valence-corrected chi connectivity index (χ2v) is 9.14. The Kier molecular flexibility index (Phi) is 7.48. The molecule has 1 fully saturated rings. The van der Waals surface area contributed by atoms with Crippen LogP contribution in [0.1, 0.15) is 28.0 Å². The first-order valence-electron chi connectivity index (χ1n) is 12.0. The van der Waals surface area contributed by atoms with Gasteiger partial charge < -0.3 is 19.3 Å². The molecular weight excluding hydrogens is 424 g/mol. The molecule has 0 aliphatic carbocycles. The predicted molar refractivity (Wildman–Crippen MR) is 138 cm³/mol. The highest BCUT2D eigenvalue weighted by Gasteiger charge is 2.24. The topological polar surface area (TPSA) is 48.8 Å². The van der Waals surface area contributed by atoms with Crippen molar-refractivity contribution in [2.24, 2.45) is 0 Å². The van der Waals surface area contributed by atoms with E-state index in [1.54, 1.807) is 6.08 Å². The Labute approximate surface area is 202 Å². The Balaban J connectivity index is 1.43. The van der Waals surface area contributed by atoms with E-state index in [-0.39, 0.29) is 11.8 Å². The van der Waals surface area contributed by atoms with E-state index >= 15 is 0 Å². The number of amides is 2. The summed E-state index contributed by atoms with van der Waals surface area (Å²) in [5, 5.41) is 1.17. The van der Waals surface area contributed by atoms with Crippen molar-refractivity contribution in [1.29, 1.82) is 0 Å². The maximum absolute atomic E-state index is 12.9. The van der Waals surface area contributed by atoms with Crippen LogP contribution in [0, 0.1) is 6.92 Å². The zero-order chi connectivity index (χ0) is 24.1. The monoisotopic (exact) mass is 458 g/mol. The van der Waals surface area contributed by atoms with Crippen LogP contribution in [0.2, 0.25) is 0 Å². The van der Waals surface area contributed by atoms with E-state index in [4.69, 9.17) is 0 Å². The fourth-order valence-electron chi connectivity index (χ4n) is 4.65. The number of hydrogen-bond donors (Lipinski definition) is 0. The van der Waals surface area contributed by atoms with Gasteiger partial charge in [-0.3, -0.25) is 9.59 Å². The number of nitrogens with zero attached hydrogens (tertiary/aromatic N) is 4. The Bertz CT molecular complexity index is 1170. The largest absolute Gasteiger partial charge is 0.344 e. The van der Waals surface area contributed by atoms with Crippen molar-refractivity contribution in [3.63, 3.8) is 0 Å². The quantitative estimate of drug-likeness (QED) is 0.505. The van der Waals surface area contributed by atoms with Crippen molar-refractivity contribution in [3.8, 4) is 0 Å². The molecule has 2 heterocycles. The van der Waals surface area contributed by atoms with Crippen molar-refractivity contribution in [3.05, 3.63) is 77.5 Å². The third kappa shape index (κ3) is 5.23. The van der Waals surface area contributed by atoms with Gasteiger partial charge in [-0.2, -0.15) is 0 Å². The maximum atomic E-state index is 12.9. The molecule has 0 N–H and O–H groups in total. The minimum Gasteiger partial charge on any atom is -0.344 e. The first kappa shape index (κ1) is 23.8. The van der Waals surface area contributed by atoms with Crippen LogP contribution in [0.5, 0.6) is 0 Å². The van der Waals surface area contributed by atoms with Crippen molar-refractivity contribution in [1.82, 2.24) is 19.3 Å². The minimum atomic E-state index is -0.00403. The number of aromatic nitrogens is 1. The van der Waals surface area contributed by atoms with E-state index < -0.39 is 0 Å². The van der Waals surface area contributed by atoms with E-state index in [0.717, 1.165) is 25.1 Å². The molecule has 1 aliphatic rings. The summed E-state index contributed by atoms with van der Waals surface area (Å²) in [4.78, 5) is 31.5. The average Bonchev–Trinajstić information content (AvgIpc) is 3.13. The summed E-state index contributed by atoms with van der Waals surface area (Å²) in [5.41, 5.74) is 4.19. The number of carbonyl (C=O) groups excluding carboxylic acids is 2. The molecule has 3 aromatic rings. The predicted octanol–water partition coefficient (Wildman–Crippen LogP) is 3.90. The summed E-state index contributed by atoms with van der Waals surface area (Å²) in [7, 11) is 4.19. The fourth-order valence-corrected chi connectivity index (χ4v) is 4.65. The highest BCUT2D eigenvalue weighted by Crippen LogP contribution is 2.27. The normalized spacial score (nSPS) is 14.5. The minimum absolute atomic E-state index is 0.00403. The van der Waals surface area contributed by atoms with Crippen LogP contribution in [0.15, 0.2) is 60.7 Å². The Morgan fingerprint density at radius 3 is 2.26 bits per heavy atom. The molecule has 4 rings (SSSR count). The molecule has 0 unspecified atom stereocenters. The molecule has 178 valence electrons. The number of benzene rings is 2. The maximum Gasteiger partial charge on any atom is 0.253 e. The Morgan fingerprint density at radius 1 is 0.912 bits per heavy atom. The highest BCUT2D eigenvalue weighted by atomic mass is 16.2. The van der Waals surface area contributed by atoms with E-state index in [1.165, 1.54) is 16.6 Å². The molecule has 6 heteroatoms. The van der Waals surface area contributed by atoms with E-state index in [2.05, 4.69) is 48.7 Å². The van der Waals surface area contributed by atoms with Crippen LogP contribution < -0.4 is 0 Å². The molecule has 34 heavy (non-hydrogen) atoms. The summed E-state index contributed by atoms with van der Waals surface area (Å²) in [6, 6.07) is 17.7. The van der Waals surface area contributed by atoms with Gasteiger partial charge >= 0.3 is 0 Å². The fraction of sp³-hybridized carbons (Fsp3) is 0.357. The van der Waals surface area contributed by atoms with Gasteiger partial charge in [0.05, 0.1) is 0 Å². The van der Waals surface area contributed by atoms with E-state index in [9.17, 15) is 9.59 Å². The molecule has 0 radical (unpaired) electrons.